The summed E-state index contributed by atoms with van der Waals surface area (Å²) in [4.78, 5) is 18.0. The van der Waals surface area contributed by atoms with Crippen LogP contribution in [0.3, 0.4) is 0 Å². The number of aromatic amines is 1. The molecule has 0 aliphatic rings. The molecule has 2 aromatic rings. The summed E-state index contributed by atoms with van der Waals surface area (Å²) in [6, 6.07) is 5.45. The van der Waals surface area contributed by atoms with Crippen LogP contribution in [0.4, 0.5) is 4.79 Å². The Morgan fingerprint density at radius 3 is 3.06 bits per heavy atom. The summed E-state index contributed by atoms with van der Waals surface area (Å²) in [5, 5.41) is 12.2. The highest BCUT2D eigenvalue weighted by atomic mass is 16.4. The third-order valence-electron chi connectivity index (χ3n) is 2.49. The molecule has 0 aromatic carbocycles. The van der Waals surface area contributed by atoms with Gasteiger partial charge in [-0.2, -0.15) is 0 Å². The maximum atomic E-state index is 10.6. The molecule has 3 N–H and O–H groups in total. The molecule has 5 heteroatoms. The van der Waals surface area contributed by atoms with Crippen molar-refractivity contribution < 1.29 is 9.90 Å². The maximum absolute atomic E-state index is 10.6. The number of amides is 1. The van der Waals surface area contributed by atoms with Crippen LogP contribution in [0.2, 0.25) is 0 Å². The second-order valence-electron chi connectivity index (χ2n) is 3.56. The largest absolute Gasteiger partial charge is 0.465 e. The number of nitrogens with zero attached hydrogens (tertiary/aromatic N) is 1. The second-order valence-corrected chi connectivity index (χ2v) is 3.56. The lowest BCUT2D eigenvalue weighted by atomic mass is 10.1. The number of carbonyl (C=O) groups is 1. The van der Waals surface area contributed by atoms with E-state index in [9.17, 15) is 4.79 Å². The highest BCUT2D eigenvalue weighted by Gasteiger charge is 2.13. The second kappa shape index (κ2) is 4.22. The molecule has 2 rings (SSSR count). The van der Waals surface area contributed by atoms with Gasteiger partial charge in [-0.05, 0) is 24.6 Å². The molecule has 1 amide bonds. The molecule has 0 spiro atoms. The van der Waals surface area contributed by atoms with Gasteiger partial charge in [0.2, 0.25) is 0 Å². The lowest BCUT2D eigenvalue weighted by Crippen LogP contribution is -2.26. The van der Waals surface area contributed by atoms with Crippen LogP contribution in [0, 0.1) is 0 Å². The molecule has 2 aromatic heterocycles. The summed E-state index contributed by atoms with van der Waals surface area (Å²) in [6.07, 6.45) is 1.46. The highest BCUT2D eigenvalue weighted by molar-refractivity contribution is 5.75. The van der Waals surface area contributed by atoms with Crippen molar-refractivity contribution >= 4 is 17.1 Å². The number of hydrogen-bond acceptors (Lipinski definition) is 2. The number of aromatic nitrogens is 2. The highest BCUT2D eigenvalue weighted by Crippen LogP contribution is 2.17. The first kappa shape index (κ1) is 10.5. The summed E-state index contributed by atoms with van der Waals surface area (Å²) in [5.41, 5.74) is 1.52. The minimum atomic E-state index is -1.03. The number of nitrogens with one attached hydrogen (secondary N) is 2. The van der Waals surface area contributed by atoms with Crippen molar-refractivity contribution in [1.29, 1.82) is 0 Å². The van der Waals surface area contributed by atoms with Crippen LogP contribution in [0.1, 0.15) is 25.1 Å². The van der Waals surface area contributed by atoms with E-state index in [-0.39, 0.29) is 6.04 Å². The smallest absolute Gasteiger partial charge is 0.405 e. The molecule has 0 bridgehead atoms. The molecule has 0 radical (unpaired) electrons. The van der Waals surface area contributed by atoms with Gasteiger partial charge in [0.25, 0.3) is 0 Å². The summed E-state index contributed by atoms with van der Waals surface area (Å²) in [5.74, 6) is 0. The van der Waals surface area contributed by atoms with Crippen LogP contribution in [0.15, 0.2) is 24.4 Å². The Kier molecular flexibility index (Phi) is 2.76. The van der Waals surface area contributed by atoms with Crippen molar-refractivity contribution in [1.82, 2.24) is 15.3 Å². The lowest BCUT2D eigenvalue weighted by molar-refractivity contribution is 0.189. The molecule has 0 saturated heterocycles. The number of fused-ring (bicyclic) bond motifs is 1. The Hall–Kier alpha value is -2.04. The number of rotatable bonds is 3. The third-order valence-corrected chi connectivity index (χ3v) is 2.49. The molecule has 2 heterocycles. The number of hydrogen-bond donors (Lipinski definition) is 3. The van der Waals surface area contributed by atoms with E-state index in [0.717, 1.165) is 16.7 Å². The van der Waals surface area contributed by atoms with E-state index in [1.807, 2.05) is 31.3 Å². The number of H-pyrrole nitrogens is 1. The van der Waals surface area contributed by atoms with Crippen LogP contribution in [0.25, 0.3) is 11.0 Å². The fourth-order valence-electron chi connectivity index (χ4n) is 1.67. The fourth-order valence-corrected chi connectivity index (χ4v) is 1.67. The molecular weight excluding hydrogens is 206 g/mol. The van der Waals surface area contributed by atoms with Crippen LogP contribution in [-0.4, -0.2) is 21.2 Å². The quantitative estimate of drug-likeness (QED) is 0.741. The standard InChI is InChI=1S/C11H13N3O2/c1-2-8(14-11(15)16)9-4-3-7-5-6-12-10(7)13-9/h3-6,8,14H,2H2,1H3,(H,12,13)(H,15,16). The minimum absolute atomic E-state index is 0.259. The van der Waals surface area contributed by atoms with Crippen LogP contribution in [0.5, 0.6) is 0 Å². The van der Waals surface area contributed by atoms with E-state index in [1.165, 1.54) is 0 Å². The zero-order chi connectivity index (χ0) is 11.5. The van der Waals surface area contributed by atoms with Gasteiger partial charge >= 0.3 is 6.09 Å². The summed E-state index contributed by atoms with van der Waals surface area (Å²) in [7, 11) is 0. The summed E-state index contributed by atoms with van der Waals surface area (Å²) in [6.45, 7) is 1.92. The molecule has 0 saturated carbocycles. The van der Waals surface area contributed by atoms with Gasteiger partial charge in [-0.15, -0.1) is 0 Å². The average Bonchev–Trinajstić information content (AvgIpc) is 2.72. The summed E-state index contributed by atoms with van der Waals surface area (Å²) >= 11 is 0. The Bertz CT molecular complexity index is 507. The average molecular weight is 219 g/mol. The molecular formula is C11H13N3O2. The maximum Gasteiger partial charge on any atom is 0.405 e. The van der Waals surface area contributed by atoms with E-state index >= 15 is 0 Å². The number of carboxylic acid groups (broad SMARTS) is 1. The van der Waals surface area contributed by atoms with Crippen molar-refractivity contribution in [3.8, 4) is 0 Å². The van der Waals surface area contributed by atoms with Crippen molar-refractivity contribution in [3.05, 3.63) is 30.1 Å². The Balaban J connectivity index is 2.32. The van der Waals surface area contributed by atoms with Gasteiger partial charge in [0.1, 0.15) is 5.65 Å². The van der Waals surface area contributed by atoms with Crippen molar-refractivity contribution in [2.24, 2.45) is 0 Å². The zero-order valence-electron chi connectivity index (χ0n) is 8.90. The molecule has 1 unspecified atom stereocenters. The molecule has 0 aliphatic carbocycles. The van der Waals surface area contributed by atoms with E-state index in [4.69, 9.17) is 5.11 Å². The zero-order valence-corrected chi connectivity index (χ0v) is 8.90. The van der Waals surface area contributed by atoms with Gasteiger partial charge in [0, 0.05) is 11.6 Å². The van der Waals surface area contributed by atoms with Gasteiger partial charge < -0.3 is 15.4 Å². The summed E-state index contributed by atoms with van der Waals surface area (Å²) < 4.78 is 0. The molecule has 0 fully saturated rings. The van der Waals surface area contributed by atoms with Gasteiger partial charge in [-0.3, -0.25) is 0 Å². The van der Waals surface area contributed by atoms with Crippen LogP contribution in [-0.2, 0) is 0 Å². The molecule has 0 aliphatic heterocycles. The van der Waals surface area contributed by atoms with Gasteiger partial charge in [-0.1, -0.05) is 6.92 Å². The van der Waals surface area contributed by atoms with Gasteiger partial charge in [-0.25, -0.2) is 9.78 Å². The molecule has 84 valence electrons. The lowest BCUT2D eigenvalue weighted by Gasteiger charge is -2.13. The first-order chi connectivity index (χ1) is 7.70. The predicted octanol–water partition coefficient (Wildman–Crippen LogP) is 2.28. The predicted molar refractivity (Wildman–Crippen MR) is 60.3 cm³/mol. The van der Waals surface area contributed by atoms with Crippen LogP contribution < -0.4 is 5.32 Å². The van der Waals surface area contributed by atoms with Crippen molar-refractivity contribution in [3.63, 3.8) is 0 Å². The number of pyridine rings is 1. The van der Waals surface area contributed by atoms with E-state index < -0.39 is 6.09 Å². The third kappa shape index (κ3) is 1.98. The Morgan fingerprint density at radius 1 is 1.56 bits per heavy atom. The normalized spacial score (nSPS) is 12.6. The van der Waals surface area contributed by atoms with Crippen molar-refractivity contribution in [2.75, 3.05) is 0 Å². The SMILES string of the molecule is CCC(NC(=O)O)c1ccc2cc[nH]c2n1. The van der Waals surface area contributed by atoms with E-state index in [2.05, 4.69) is 15.3 Å². The Morgan fingerprint density at radius 2 is 2.38 bits per heavy atom. The monoisotopic (exact) mass is 219 g/mol. The van der Waals surface area contributed by atoms with Crippen LogP contribution >= 0.6 is 0 Å². The molecule has 16 heavy (non-hydrogen) atoms. The van der Waals surface area contributed by atoms with Crippen molar-refractivity contribution in [2.45, 2.75) is 19.4 Å². The first-order valence-electron chi connectivity index (χ1n) is 5.14. The topological polar surface area (TPSA) is 78.0 Å². The molecule has 1 atom stereocenters. The molecule has 5 nitrogen and oxygen atoms in total. The minimum Gasteiger partial charge on any atom is -0.465 e. The fraction of sp³-hybridized carbons (Fsp3) is 0.273. The van der Waals surface area contributed by atoms with E-state index in [1.54, 1.807) is 0 Å². The van der Waals surface area contributed by atoms with Gasteiger partial charge in [0.05, 0.1) is 11.7 Å². The first-order valence-corrected chi connectivity index (χ1v) is 5.14. The Labute approximate surface area is 92.5 Å². The van der Waals surface area contributed by atoms with E-state index in [0.29, 0.717) is 6.42 Å². The van der Waals surface area contributed by atoms with Gasteiger partial charge in [0.15, 0.2) is 0 Å².